The molecule has 1 aliphatic heterocycles. The van der Waals surface area contributed by atoms with Gasteiger partial charge in [0, 0.05) is 44.4 Å². The van der Waals surface area contributed by atoms with Crippen LogP contribution in [0.15, 0.2) is 54.7 Å². The van der Waals surface area contributed by atoms with Crippen molar-refractivity contribution in [3.05, 3.63) is 54.7 Å². The molecule has 0 bridgehead atoms. The van der Waals surface area contributed by atoms with Crippen molar-refractivity contribution in [1.29, 1.82) is 0 Å². The zero-order valence-electron chi connectivity index (χ0n) is 15.6. The zero-order chi connectivity index (χ0) is 18.6. The van der Waals surface area contributed by atoms with Crippen molar-refractivity contribution in [2.45, 2.75) is 19.8 Å². The van der Waals surface area contributed by atoms with E-state index in [4.69, 9.17) is 4.98 Å². The molecule has 4 rings (SSSR count). The van der Waals surface area contributed by atoms with Crippen LogP contribution in [0.1, 0.15) is 19.8 Å². The fourth-order valence-electron chi connectivity index (χ4n) is 3.60. The standard InChI is InChI=1S/C22H24N4O/c1-2-21(27)25-12-5-13-26(15-14-25)22-23-11-10-20(24-22)19-9-8-17-6-3-4-7-18(17)16-19/h3-4,6-11,16H,2,5,12-15H2,1H3. The van der Waals surface area contributed by atoms with Gasteiger partial charge >= 0.3 is 0 Å². The molecule has 0 aliphatic carbocycles. The minimum Gasteiger partial charge on any atom is -0.341 e. The van der Waals surface area contributed by atoms with E-state index in [2.05, 4.69) is 52.3 Å². The molecular formula is C22H24N4O. The third kappa shape index (κ3) is 3.77. The maximum Gasteiger partial charge on any atom is 0.225 e. The van der Waals surface area contributed by atoms with E-state index in [0.29, 0.717) is 6.42 Å². The molecule has 0 atom stereocenters. The average Bonchev–Trinajstić information content (AvgIpc) is 2.99. The molecule has 1 aliphatic rings. The summed E-state index contributed by atoms with van der Waals surface area (Å²) in [6, 6.07) is 16.7. The largest absolute Gasteiger partial charge is 0.341 e. The highest BCUT2D eigenvalue weighted by Gasteiger charge is 2.19. The molecule has 0 unspecified atom stereocenters. The Balaban J connectivity index is 1.57. The third-order valence-electron chi connectivity index (χ3n) is 5.12. The number of amides is 1. The highest BCUT2D eigenvalue weighted by molar-refractivity contribution is 5.86. The maximum atomic E-state index is 12.0. The van der Waals surface area contributed by atoms with Crippen molar-refractivity contribution < 1.29 is 4.79 Å². The summed E-state index contributed by atoms with van der Waals surface area (Å²) in [4.78, 5) is 25.4. The van der Waals surface area contributed by atoms with E-state index < -0.39 is 0 Å². The fourth-order valence-corrected chi connectivity index (χ4v) is 3.60. The predicted octanol–water partition coefficient (Wildman–Crippen LogP) is 3.75. The molecule has 3 aromatic rings. The van der Waals surface area contributed by atoms with Gasteiger partial charge in [-0.3, -0.25) is 4.79 Å². The average molecular weight is 360 g/mol. The molecule has 0 N–H and O–H groups in total. The van der Waals surface area contributed by atoms with Crippen molar-refractivity contribution in [2.24, 2.45) is 0 Å². The summed E-state index contributed by atoms with van der Waals surface area (Å²) in [5.74, 6) is 0.967. The molecule has 1 fully saturated rings. The van der Waals surface area contributed by atoms with Crippen molar-refractivity contribution in [1.82, 2.24) is 14.9 Å². The van der Waals surface area contributed by atoms with E-state index >= 15 is 0 Å². The Bertz CT molecular complexity index is 956. The Morgan fingerprint density at radius 1 is 1.00 bits per heavy atom. The molecule has 0 saturated carbocycles. The van der Waals surface area contributed by atoms with Crippen LogP contribution in [-0.4, -0.2) is 47.0 Å². The first-order valence-electron chi connectivity index (χ1n) is 9.59. The highest BCUT2D eigenvalue weighted by Crippen LogP contribution is 2.24. The first-order valence-corrected chi connectivity index (χ1v) is 9.59. The Kier molecular flexibility index (Phi) is 5.01. The highest BCUT2D eigenvalue weighted by atomic mass is 16.2. The number of nitrogens with zero attached hydrogens (tertiary/aromatic N) is 4. The van der Waals surface area contributed by atoms with E-state index in [1.165, 1.54) is 10.8 Å². The second-order valence-corrected chi connectivity index (χ2v) is 6.88. The maximum absolute atomic E-state index is 12.0. The molecule has 2 aromatic carbocycles. The molecule has 0 radical (unpaired) electrons. The summed E-state index contributed by atoms with van der Waals surface area (Å²) in [6.45, 7) is 5.10. The normalized spacial score (nSPS) is 15.0. The Labute approximate surface area is 159 Å². The van der Waals surface area contributed by atoms with Gasteiger partial charge in [0.15, 0.2) is 0 Å². The zero-order valence-corrected chi connectivity index (χ0v) is 15.6. The Morgan fingerprint density at radius 3 is 2.70 bits per heavy atom. The van der Waals surface area contributed by atoms with Gasteiger partial charge in [0.1, 0.15) is 0 Å². The number of carbonyl (C=O) groups excluding carboxylic acids is 1. The summed E-state index contributed by atoms with van der Waals surface area (Å²) >= 11 is 0. The summed E-state index contributed by atoms with van der Waals surface area (Å²) in [6.07, 6.45) is 3.33. The van der Waals surface area contributed by atoms with Gasteiger partial charge in [0.2, 0.25) is 11.9 Å². The van der Waals surface area contributed by atoms with E-state index in [-0.39, 0.29) is 5.91 Å². The fraction of sp³-hybridized carbons (Fsp3) is 0.318. The first-order chi connectivity index (χ1) is 13.2. The molecular weight excluding hydrogens is 336 g/mol. The minimum atomic E-state index is 0.225. The number of anilines is 1. The van der Waals surface area contributed by atoms with Crippen molar-refractivity contribution in [2.75, 3.05) is 31.1 Å². The molecule has 138 valence electrons. The lowest BCUT2D eigenvalue weighted by atomic mass is 10.1. The second kappa shape index (κ2) is 7.74. The minimum absolute atomic E-state index is 0.225. The van der Waals surface area contributed by atoms with E-state index in [0.717, 1.165) is 49.8 Å². The van der Waals surface area contributed by atoms with E-state index in [1.54, 1.807) is 0 Å². The van der Waals surface area contributed by atoms with Gasteiger partial charge in [-0.1, -0.05) is 43.3 Å². The molecule has 5 nitrogen and oxygen atoms in total. The number of aromatic nitrogens is 2. The first kappa shape index (κ1) is 17.5. The van der Waals surface area contributed by atoms with Gasteiger partial charge < -0.3 is 9.80 Å². The number of carbonyl (C=O) groups is 1. The number of hydrogen-bond donors (Lipinski definition) is 0. The SMILES string of the molecule is CCC(=O)N1CCCN(c2nccc(-c3ccc4ccccc4c3)n2)CC1. The van der Waals surface area contributed by atoms with Gasteiger partial charge in [0.05, 0.1) is 5.69 Å². The van der Waals surface area contributed by atoms with Crippen LogP contribution in [0.25, 0.3) is 22.0 Å². The van der Waals surface area contributed by atoms with Crippen LogP contribution in [0, 0.1) is 0 Å². The van der Waals surface area contributed by atoms with Crippen LogP contribution < -0.4 is 4.90 Å². The molecule has 0 spiro atoms. The van der Waals surface area contributed by atoms with Gasteiger partial charge in [0.25, 0.3) is 0 Å². The number of rotatable bonds is 3. The van der Waals surface area contributed by atoms with Crippen LogP contribution in [0.5, 0.6) is 0 Å². The molecule has 1 saturated heterocycles. The van der Waals surface area contributed by atoms with Gasteiger partial charge in [-0.2, -0.15) is 0 Å². The summed E-state index contributed by atoms with van der Waals surface area (Å²) < 4.78 is 0. The van der Waals surface area contributed by atoms with Crippen LogP contribution in [-0.2, 0) is 4.79 Å². The molecule has 1 amide bonds. The van der Waals surface area contributed by atoms with Crippen LogP contribution in [0.2, 0.25) is 0 Å². The van der Waals surface area contributed by atoms with Crippen LogP contribution >= 0.6 is 0 Å². The predicted molar refractivity (Wildman–Crippen MR) is 109 cm³/mol. The monoisotopic (exact) mass is 360 g/mol. The summed E-state index contributed by atoms with van der Waals surface area (Å²) in [7, 11) is 0. The van der Waals surface area contributed by atoms with Gasteiger partial charge in [-0.15, -0.1) is 0 Å². The lowest BCUT2D eigenvalue weighted by Crippen LogP contribution is -2.35. The van der Waals surface area contributed by atoms with Crippen molar-refractivity contribution >= 4 is 22.6 Å². The lowest BCUT2D eigenvalue weighted by molar-refractivity contribution is -0.130. The topological polar surface area (TPSA) is 49.3 Å². The molecule has 27 heavy (non-hydrogen) atoms. The number of benzene rings is 2. The van der Waals surface area contributed by atoms with Gasteiger partial charge in [-0.25, -0.2) is 9.97 Å². The molecule has 2 heterocycles. The Hall–Kier alpha value is -2.95. The van der Waals surface area contributed by atoms with E-state index in [1.807, 2.05) is 24.1 Å². The van der Waals surface area contributed by atoms with Crippen LogP contribution in [0.3, 0.4) is 0 Å². The summed E-state index contributed by atoms with van der Waals surface area (Å²) in [5.41, 5.74) is 2.02. The Morgan fingerprint density at radius 2 is 1.85 bits per heavy atom. The van der Waals surface area contributed by atoms with Gasteiger partial charge in [-0.05, 0) is 29.3 Å². The van der Waals surface area contributed by atoms with Crippen molar-refractivity contribution in [3.8, 4) is 11.3 Å². The summed E-state index contributed by atoms with van der Waals surface area (Å²) in [5, 5.41) is 2.43. The van der Waals surface area contributed by atoms with E-state index in [9.17, 15) is 4.79 Å². The quantitative estimate of drug-likeness (QED) is 0.714. The lowest BCUT2D eigenvalue weighted by Gasteiger charge is -2.22. The number of hydrogen-bond acceptors (Lipinski definition) is 4. The molecule has 5 heteroatoms. The smallest absolute Gasteiger partial charge is 0.225 e. The van der Waals surface area contributed by atoms with Crippen molar-refractivity contribution in [3.63, 3.8) is 0 Å². The molecule has 1 aromatic heterocycles. The van der Waals surface area contributed by atoms with Crippen LogP contribution in [0.4, 0.5) is 5.95 Å². The third-order valence-corrected chi connectivity index (χ3v) is 5.12. The number of fused-ring (bicyclic) bond motifs is 1. The second-order valence-electron chi connectivity index (χ2n) is 6.88.